The van der Waals surface area contributed by atoms with E-state index >= 15 is 0 Å². The quantitative estimate of drug-likeness (QED) is 0.836. The summed E-state index contributed by atoms with van der Waals surface area (Å²) in [7, 11) is 0. The molecule has 2 aromatic carbocycles. The highest BCUT2D eigenvalue weighted by molar-refractivity contribution is 7.98. The molecule has 0 heterocycles. The molecular weight excluding hydrogens is 270 g/mol. The first-order valence-electron chi connectivity index (χ1n) is 6.28. The highest BCUT2D eigenvalue weighted by atomic mass is 32.2. The maximum absolute atomic E-state index is 11.9. The van der Waals surface area contributed by atoms with E-state index in [2.05, 4.69) is 5.32 Å². The van der Waals surface area contributed by atoms with Gasteiger partial charge in [0.1, 0.15) is 5.75 Å². The molecule has 0 bridgehead atoms. The first-order valence-corrected chi connectivity index (χ1v) is 7.51. The second-order valence-corrected chi connectivity index (χ2v) is 5.39. The molecule has 2 aromatic rings. The van der Waals surface area contributed by atoms with Gasteiger partial charge in [0.2, 0.25) is 0 Å². The van der Waals surface area contributed by atoms with Gasteiger partial charge in [0, 0.05) is 10.6 Å². The van der Waals surface area contributed by atoms with Crippen LogP contribution in [0.4, 0.5) is 10.5 Å². The minimum Gasteiger partial charge on any atom is -0.410 e. The van der Waals surface area contributed by atoms with Crippen molar-refractivity contribution in [3.8, 4) is 5.75 Å². The van der Waals surface area contributed by atoms with E-state index < -0.39 is 6.09 Å². The Morgan fingerprint density at radius 1 is 1.10 bits per heavy atom. The largest absolute Gasteiger partial charge is 0.417 e. The lowest BCUT2D eigenvalue weighted by atomic mass is 10.1. The van der Waals surface area contributed by atoms with Crippen LogP contribution >= 0.6 is 11.8 Å². The fourth-order valence-electron chi connectivity index (χ4n) is 1.76. The number of ether oxygens (including phenoxy) is 1. The van der Waals surface area contributed by atoms with Crippen molar-refractivity contribution in [1.29, 1.82) is 0 Å². The van der Waals surface area contributed by atoms with Gasteiger partial charge in [0.15, 0.2) is 0 Å². The monoisotopic (exact) mass is 287 g/mol. The van der Waals surface area contributed by atoms with Crippen LogP contribution in [0.25, 0.3) is 0 Å². The number of nitrogens with one attached hydrogen (secondary N) is 1. The molecule has 104 valence electrons. The molecule has 0 aliphatic carbocycles. The zero-order valence-corrected chi connectivity index (χ0v) is 12.6. The SMILES string of the molecule is CSc1ccc(OC(=O)Nc2cc(C)ccc2C)cc1. The lowest BCUT2D eigenvalue weighted by molar-refractivity contribution is 0.215. The average Bonchev–Trinajstić information content (AvgIpc) is 2.43. The third-order valence-corrected chi connectivity index (χ3v) is 3.64. The van der Waals surface area contributed by atoms with Crippen LogP contribution in [-0.4, -0.2) is 12.3 Å². The lowest BCUT2D eigenvalue weighted by Crippen LogP contribution is -2.17. The van der Waals surface area contributed by atoms with Crippen molar-refractivity contribution in [1.82, 2.24) is 0 Å². The molecule has 20 heavy (non-hydrogen) atoms. The van der Waals surface area contributed by atoms with E-state index in [4.69, 9.17) is 4.74 Å². The standard InChI is InChI=1S/C16H17NO2S/c1-11-4-5-12(2)15(10-11)17-16(18)19-13-6-8-14(20-3)9-7-13/h4-10H,1-3H3,(H,17,18). The van der Waals surface area contributed by atoms with Crippen LogP contribution in [0.5, 0.6) is 5.75 Å². The molecule has 0 aliphatic rings. The minimum absolute atomic E-state index is 0.476. The van der Waals surface area contributed by atoms with Crippen molar-refractivity contribution >= 4 is 23.5 Å². The molecule has 0 saturated heterocycles. The number of carbonyl (C=O) groups excluding carboxylic acids is 1. The van der Waals surface area contributed by atoms with Gasteiger partial charge in [-0.05, 0) is 61.6 Å². The van der Waals surface area contributed by atoms with Crippen molar-refractivity contribution in [2.45, 2.75) is 18.7 Å². The first-order chi connectivity index (χ1) is 9.58. The second kappa shape index (κ2) is 6.48. The number of anilines is 1. The molecule has 4 heteroatoms. The summed E-state index contributed by atoms with van der Waals surface area (Å²) in [6.45, 7) is 3.93. The van der Waals surface area contributed by atoms with Crippen molar-refractivity contribution in [3.05, 3.63) is 53.6 Å². The molecule has 0 spiro atoms. The molecule has 1 N–H and O–H groups in total. The van der Waals surface area contributed by atoms with Crippen molar-refractivity contribution < 1.29 is 9.53 Å². The highest BCUT2D eigenvalue weighted by Crippen LogP contribution is 2.20. The number of thioether (sulfide) groups is 1. The third kappa shape index (κ3) is 3.78. The molecule has 2 rings (SSSR count). The zero-order chi connectivity index (χ0) is 14.5. The van der Waals surface area contributed by atoms with E-state index in [1.807, 2.05) is 50.4 Å². The van der Waals surface area contributed by atoms with E-state index in [-0.39, 0.29) is 0 Å². The maximum atomic E-state index is 11.9. The second-order valence-electron chi connectivity index (χ2n) is 4.51. The number of benzene rings is 2. The van der Waals surface area contributed by atoms with E-state index in [1.54, 1.807) is 23.9 Å². The fourth-order valence-corrected chi connectivity index (χ4v) is 2.17. The van der Waals surface area contributed by atoms with E-state index in [9.17, 15) is 4.79 Å². The molecule has 1 amide bonds. The van der Waals surface area contributed by atoms with Gasteiger partial charge in [0.05, 0.1) is 0 Å². The van der Waals surface area contributed by atoms with E-state index in [0.717, 1.165) is 21.7 Å². The van der Waals surface area contributed by atoms with Crippen LogP contribution in [0, 0.1) is 13.8 Å². The molecule has 3 nitrogen and oxygen atoms in total. The van der Waals surface area contributed by atoms with Crippen LogP contribution in [0.3, 0.4) is 0 Å². The fraction of sp³-hybridized carbons (Fsp3) is 0.188. The summed E-state index contributed by atoms with van der Waals surface area (Å²) in [5, 5.41) is 2.76. The molecule has 0 saturated carbocycles. The molecule has 0 atom stereocenters. The summed E-state index contributed by atoms with van der Waals surface area (Å²) in [5.74, 6) is 0.533. The smallest absolute Gasteiger partial charge is 0.410 e. The lowest BCUT2D eigenvalue weighted by Gasteiger charge is -2.10. The van der Waals surface area contributed by atoms with E-state index in [1.165, 1.54) is 0 Å². The Labute approximate surface area is 123 Å². The van der Waals surface area contributed by atoms with Crippen molar-refractivity contribution in [3.63, 3.8) is 0 Å². The van der Waals surface area contributed by atoms with Crippen LogP contribution in [0.15, 0.2) is 47.4 Å². The maximum Gasteiger partial charge on any atom is 0.417 e. The summed E-state index contributed by atoms with van der Waals surface area (Å²) < 4.78 is 5.25. The van der Waals surface area contributed by atoms with Gasteiger partial charge in [0.25, 0.3) is 0 Å². The number of carbonyl (C=O) groups is 1. The molecule has 0 radical (unpaired) electrons. The number of amides is 1. The van der Waals surface area contributed by atoms with Gasteiger partial charge in [-0.15, -0.1) is 11.8 Å². The van der Waals surface area contributed by atoms with Gasteiger partial charge >= 0.3 is 6.09 Å². The van der Waals surface area contributed by atoms with Gasteiger partial charge in [-0.1, -0.05) is 12.1 Å². The number of hydrogen-bond acceptors (Lipinski definition) is 3. The predicted molar refractivity (Wildman–Crippen MR) is 83.8 cm³/mol. The van der Waals surface area contributed by atoms with Crippen LogP contribution < -0.4 is 10.1 Å². The summed E-state index contributed by atoms with van der Waals surface area (Å²) in [6, 6.07) is 13.3. The Hall–Kier alpha value is -1.94. The summed E-state index contributed by atoms with van der Waals surface area (Å²) >= 11 is 1.65. The highest BCUT2D eigenvalue weighted by Gasteiger charge is 2.07. The Balaban J connectivity index is 2.03. The Kier molecular flexibility index (Phi) is 4.69. The molecule has 0 unspecified atom stereocenters. The molecule has 0 aliphatic heterocycles. The van der Waals surface area contributed by atoms with Gasteiger partial charge < -0.3 is 4.74 Å². The zero-order valence-electron chi connectivity index (χ0n) is 11.8. The summed E-state index contributed by atoms with van der Waals surface area (Å²) in [5.41, 5.74) is 2.87. The normalized spacial score (nSPS) is 10.2. The Morgan fingerprint density at radius 2 is 1.80 bits per heavy atom. The molecular formula is C16H17NO2S. The topological polar surface area (TPSA) is 38.3 Å². The molecule has 0 aromatic heterocycles. The summed E-state index contributed by atoms with van der Waals surface area (Å²) in [6.07, 6.45) is 1.53. The Morgan fingerprint density at radius 3 is 2.45 bits per heavy atom. The van der Waals surface area contributed by atoms with Gasteiger partial charge in [-0.3, -0.25) is 5.32 Å². The van der Waals surface area contributed by atoms with Gasteiger partial charge in [-0.25, -0.2) is 4.79 Å². The number of rotatable bonds is 3. The first kappa shape index (κ1) is 14.5. The van der Waals surface area contributed by atoms with Crippen molar-refractivity contribution in [2.75, 3.05) is 11.6 Å². The predicted octanol–water partition coefficient (Wildman–Crippen LogP) is 4.64. The third-order valence-electron chi connectivity index (χ3n) is 2.90. The average molecular weight is 287 g/mol. The van der Waals surface area contributed by atoms with Gasteiger partial charge in [-0.2, -0.15) is 0 Å². The summed E-state index contributed by atoms with van der Waals surface area (Å²) in [4.78, 5) is 13.0. The minimum atomic E-state index is -0.476. The van der Waals surface area contributed by atoms with Crippen molar-refractivity contribution in [2.24, 2.45) is 0 Å². The number of aryl methyl sites for hydroxylation is 2. The van der Waals surface area contributed by atoms with E-state index in [0.29, 0.717) is 5.75 Å². The Bertz CT molecular complexity index is 608. The van der Waals surface area contributed by atoms with Crippen LogP contribution in [0.2, 0.25) is 0 Å². The molecule has 0 fully saturated rings. The number of hydrogen-bond donors (Lipinski definition) is 1. The van der Waals surface area contributed by atoms with Crippen LogP contribution in [-0.2, 0) is 0 Å². The van der Waals surface area contributed by atoms with Crippen LogP contribution in [0.1, 0.15) is 11.1 Å².